The van der Waals surface area contributed by atoms with Crippen molar-refractivity contribution in [1.29, 1.82) is 0 Å². The van der Waals surface area contributed by atoms with Gasteiger partial charge in [-0.1, -0.05) is 97.1 Å². The molecule has 0 amide bonds. The van der Waals surface area contributed by atoms with E-state index in [2.05, 4.69) is 160 Å². The summed E-state index contributed by atoms with van der Waals surface area (Å²) < 4.78 is 11.3. The van der Waals surface area contributed by atoms with E-state index in [1.807, 2.05) is 24.4 Å². The molecule has 0 bridgehead atoms. The van der Waals surface area contributed by atoms with Crippen molar-refractivity contribution in [3.63, 3.8) is 0 Å². The van der Waals surface area contributed by atoms with Crippen LogP contribution in [-0.2, 0) is 0 Å². The Labute approximate surface area is 292 Å². The van der Waals surface area contributed by atoms with Gasteiger partial charge in [-0.05, 0) is 77.9 Å². The number of oxazole rings is 1. The highest BCUT2D eigenvalue weighted by Crippen LogP contribution is 2.40. The fourth-order valence-electron chi connectivity index (χ4n) is 7.94. The lowest BCUT2D eigenvalue weighted by Gasteiger charge is -2.14. The third kappa shape index (κ3) is 4.15. The van der Waals surface area contributed by atoms with Gasteiger partial charge in [-0.2, -0.15) is 0 Å². The van der Waals surface area contributed by atoms with Gasteiger partial charge >= 0.3 is 0 Å². The minimum absolute atomic E-state index is 0.562. The number of hydrogen-bond donors (Lipinski definition) is 0. The summed E-state index contributed by atoms with van der Waals surface area (Å²) in [5, 5.41) is 5.97. The van der Waals surface area contributed by atoms with E-state index < -0.39 is 0 Å². The number of nitrogens with zero attached hydrogens (tertiary/aromatic N) is 4. The van der Waals surface area contributed by atoms with Crippen LogP contribution in [0, 0.1) is 0 Å². The number of hydrogen-bond acceptors (Lipinski definition) is 3. The second kappa shape index (κ2) is 10.8. The molecular weight excluding hydrogens is 625 g/mol. The van der Waals surface area contributed by atoms with Crippen molar-refractivity contribution in [3.8, 4) is 34.0 Å². The maximum atomic E-state index is 6.59. The molecule has 0 N–H and O–H groups in total. The summed E-state index contributed by atoms with van der Waals surface area (Å²) in [6.07, 6.45) is 1.81. The predicted molar refractivity (Wildman–Crippen MR) is 209 cm³/mol. The molecular formula is C46H28N4O. The normalized spacial score (nSPS) is 11.9. The SMILES string of the molecule is c1cnc2c(c1)ccc1oc(-c3cc(-n4c5ccccc5c5ccccc54)ccc3-c3ccc(-n4c5ccccc5c5ccccc54)cc3)nc12. The predicted octanol–water partition coefficient (Wildman–Crippen LogP) is 11.9. The smallest absolute Gasteiger partial charge is 0.228 e. The second-order valence-corrected chi connectivity index (χ2v) is 13.0. The number of para-hydroxylation sites is 4. The molecule has 0 unspecified atom stereocenters. The maximum Gasteiger partial charge on any atom is 0.228 e. The van der Waals surface area contributed by atoms with Crippen LogP contribution >= 0.6 is 0 Å². The van der Waals surface area contributed by atoms with E-state index in [-0.39, 0.29) is 0 Å². The minimum Gasteiger partial charge on any atom is -0.436 e. The molecule has 0 fully saturated rings. The number of fused-ring (bicyclic) bond motifs is 9. The van der Waals surface area contributed by atoms with E-state index in [1.165, 1.54) is 32.6 Å². The zero-order chi connectivity index (χ0) is 33.5. The first-order chi connectivity index (χ1) is 25.3. The molecule has 7 aromatic carbocycles. The topological polar surface area (TPSA) is 48.8 Å². The van der Waals surface area contributed by atoms with Crippen molar-refractivity contribution < 1.29 is 4.42 Å². The molecule has 4 heterocycles. The first kappa shape index (κ1) is 27.9. The molecule has 5 heteroatoms. The van der Waals surface area contributed by atoms with Gasteiger partial charge in [0.05, 0.1) is 27.6 Å². The van der Waals surface area contributed by atoms with Crippen LogP contribution in [0.4, 0.5) is 0 Å². The van der Waals surface area contributed by atoms with Crippen LogP contribution in [0.5, 0.6) is 0 Å². The molecule has 0 aliphatic carbocycles. The molecule has 238 valence electrons. The van der Waals surface area contributed by atoms with Crippen LogP contribution in [0.25, 0.3) is 99.6 Å². The first-order valence-electron chi connectivity index (χ1n) is 17.2. The van der Waals surface area contributed by atoms with Gasteiger partial charge in [0.1, 0.15) is 5.52 Å². The van der Waals surface area contributed by atoms with Crippen molar-refractivity contribution in [1.82, 2.24) is 19.1 Å². The van der Waals surface area contributed by atoms with E-state index in [9.17, 15) is 0 Å². The van der Waals surface area contributed by atoms with Gasteiger partial charge in [-0.15, -0.1) is 0 Å². The van der Waals surface area contributed by atoms with Gasteiger partial charge < -0.3 is 13.6 Å². The lowest BCUT2D eigenvalue weighted by molar-refractivity contribution is 0.620. The molecule has 0 radical (unpaired) electrons. The molecule has 0 aliphatic rings. The molecule has 5 nitrogen and oxygen atoms in total. The monoisotopic (exact) mass is 652 g/mol. The zero-order valence-electron chi connectivity index (χ0n) is 27.4. The Balaban J connectivity index is 1.13. The number of benzene rings is 7. The number of aromatic nitrogens is 4. The van der Waals surface area contributed by atoms with Crippen LogP contribution in [0.3, 0.4) is 0 Å². The second-order valence-electron chi connectivity index (χ2n) is 13.0. The quantitative estimate of drug-likeness (QED) is 0.190. The van der Waals surface area contributed by atoms with Crippen LogP contribution < -0.4 is 0 Å². The van der Waals surface area contributed by atoms with Gasteiger partial charge in [0, 0.05) is 50.1 Å². The molecule has 4 aromatic heterocycles. The Hall–Kier alpha value is -6.98. The lowest BCUT2D eigenvalue weighted by Crippen LogP contribution is -1.97. The third-order valence-corrected chi connectivity index (χ3v) is 10.2. The molecule has 0 atom stereocenters. The van der Waals surface area contributed by atoms with Gasteiger partial charge in [0.2, 0.25) is 5.89 Å². The fourth-order valence-corrected chi connectivity index (χ4v) is 7.94. The zero-order valence-corrected chi connectivity index (χ0v) is 27.4. The number of pyridine rings is 1. The van der Waals surface area contributed by atoms with Crippen molar-refractivity contribution >= 4 is 65.6 Å². The first-order valence-corrected chi connectivity index (χ1v) is 17.2. The highest BCUT2D eigenvalue weighted by molar-refractivity contribution is 6.10. The average Bonchev–Trinajstić information content (AvgIpc) is 3.89. The van der Waals surface area contributed by atoms with Crippen molar-refractivity contribution in [2.24, 2.45) is 0 Å². The summed E-state index contributed by atoms with van der Waals surface area (Å²) in [6, 6.07) is 57.9. The Morgan fingerprint density at radius 3 is 1.59 bits per heavy atom. The van der Waals surface area contributed by atoms with Crippen molar-refractivity contribution in [2.75, 3.05) is 0 Å². The molecule has 11 aromatic rings. The third-order valence-electron chi connectivity index (χ3n) is 10.2. The van der Waals surface area contributed by atoms with Crippen LogP contribution in [0.1, 0.15) is 0 Å². The summed E-state index contributed by atoms with van der Waals surface area (Å²) in [4.78, 5) is 9.80. The van der Waals surface area contributed by atoms with E-state index in [4.69, 9.17) is 9.40 Å². The summed E-state index contributed by atoms with van der Waals surface area (Å²) in [7, 11) is 0. The molecule has 0 aliphatic heterocycles. The van der Waals surface area contributed by atoms with Gasteiger partial charge in [0.15, 0.2) is 5.58 Å². The van der Waals surface area contributed by atoms with Crippen LogP contribution in [0.2, 0.25) is 0 Å². The average molecular weight is 653 g/mol. The summed E-state index contributed by atoms with van der Waals surface area (Å²) in [6.45, 7) is 0. The highest BCUT2D eigenvalue weighted by Gasteiger charge is 2.20. The van der Waals surface area contributed by atoms with Gasteiger partial charge in [-0.3, -0.25) is 4.98 Å². The molecule has 51 heavy (non-hydrogen) atoms. The minimum atomic E-state index is 0.562. The van der Waals surface area contributed by atoms with E-state index in [1.54, 1.807) is 0 Å². The fraction of sp³-hybridized carbons (Fsp3) is 0. The van der Waals surface area contributed by atoms with E-state index in [0.717, 1.165) is 55.5 Å². The highest BCUT2D eigenvalue weighted by atomic mass is 16.3. The van der Waals surface area contributed by atoms with E-state index in [0.29, 0.717) is 11.5 Å². The standard InChI is InChI=1S/C46H28N4O/c1-5-15-39-34(11-1)35-12-2-6-16-40(35)49(39)31-22-19-29(20-23-31)33-25-24-32(50-41-17-7-3-13-36(41)37-14-4-8-18-42(37)50)28-38(33)46-48-45-43(51-46)26-21-30-10-9-27-47-44(30)45/h1-28H. The Kier molecular flexibility index (Phi) is 5.89. The Morgan fingerprint density at radius 2 is 0.980 bits per heavy atom. The van der Waals surface area contributed by atoms with Crippen molar-refractivity contribution in [2.45, 2.75) is 0 Å². The Morgan fingerprint density at radius 1 is 0.431 bits per heavy atom. The lowest BCUT2D eigenvalue weighted by atomic mass is 9.98. The van der Waals surface area contributed by atoms with Gasteiger partial charge in [-0.25, -0.2) is 4.98 Å². The van der Waals surface area contributed by atoms with Crippen LogP contribution in [-0.4, -0.2) is 19.1 Å². The molecule has 0 saturated carbocycles. The largest absolute Gasteiger partial charge is 0.436 e. The van der Waals surface area contributed by atoms with E-state index >= 15 is 0 Å². The van der Waals surface area contributed by atoms with Crippen LogP contribution in [0.15, 0.2) is 174 Å². The molecule has 0 saturated heterocycles. The maximum absolute atomic E-state index is 6.59. The Bertz CT molecular complexity index is 3040. The number of rotatable bonds is 4. The molecule has 11 rings (SSSR count). The summed E-state index contributed by atoms with van der Waals surface area (Å²) >= 11 is 0. The molecule has 0 spiro atoms. The van der Waals surface area contributed by atoms with Gasteiger partial charge in [0.25, 0.3) is 0 Å². The van der Waals surface area contributed by atoms with Crippen molar-refractivity contribution in [3.05, 3.63) is 170 Å². The summed E-state index contributed by atoms with van der Waals surface area (Å²) in [5.41, 5.74) is 12.2. The summed E-state index contributed by atoms with van der Waals surface area (Å²) in [5.74, 6) is 0.562.